The maximum atomic E-state index is 3.31. The maximum Gasteiger partial charge on any atom is 0.0249 e. The van der Waals surface area contributed by atoms with Crippen LogP contribution in [0.4, 0.5) is 0 Å². The SMILES string of the molecule is CCCCCC#Cc1ccc(C#Cc2ccc(C3CCC(CCC)CC3)cc2)cc1. The molecule has 0 spiro atoms. The number of unbranched alkanes of at least 4 members (excludes halogenated alkanes) is 3. The Morgan fingerprint density at radius 1 is 0.667 bits per heavy atom. The van der Waals surface area contributed by atoms with Gasteiger partial charge in [0.15, 0.2) is 0 Å². The van der Waals surface area contributed by atoms with Crippen LogP contribution in [0.3, 0.4) is 0 Å². The van der Waals surface area contributed by atoms with Gasteiger partial charge in [-0.25, -0.2) is 0 Å². The first-order chi connectivity index (χ1) is 14.8. The topological polar surface area (TPSA) is 0 Å². The molecule has 0 amide bonds. The summed E-state index contributed by atoms with van der Waals surface area (Å²) in [5, 5.41) is 0. The minimum absolute atomic E-state index is 0.746. The zero-order valence-electron chi connectivity index (χ0n) is 18.8. The molecule has 0 saturated heterocycles. The van der Waals surface area contributed by atoms with Gasteiger partial charge in [-0.15, -0.1) is 0 Å². The highest BCUT2D eigenvalue weighted by molar-refractivity contribution is 5.46. The minimum Gasteiger partial charge on any atom is -0.0979 e. The van der Waals surface area contributed by atoms with Gasteiger partial charge in [-0.1, -0.05) is 75.3 Å². The van der Waals surface area contributed by atoms with E-state index in [1.54, 1.807) is 0 Å². The third kappa shape index (κ3) is 7.11. The number of benzene rings is 2. The summed E-state index contributed by atoms with van der Waals surface area (Å²) < 4.78 is 0. The molecule has 0 nitrogen and oxygen atoms in total. The van der Waals surface area contributed by atoms with E-state index in [0.29, 0.717) is 0 Å². The van der Waals surface area contributed by atoms with Crippen LogP contribution < -0.4 is 0 Å². The van der Waals surface area contributed by atoms with Crippen molar-refractivity contribution in [2.45, 2.75) is 84.0 Å². The van der Waals surface area contributed by atoms with Crippen molar-refractivity contribution in [1.82, 2.24) is 0 Å². The van der Waals surface area contributed by atoms with Crippen LogP contribution in [-0.4, -0.2) is 0 Å². The van der Waals surface area contributed by atoms with Gasteiger partial charge >= 0.3 is 0 Å². The van der Waals surface area contributed by atoms with E-state index in [4.69, 9.17) is 0 Å². The van der Waals surface area contributed by atoms with Gasteiger partial charge in [0.1, 0.15) is 0 Å². The lowest BCUT2D eigenvalue weighted by atomic mass is 9.77. The van der Waals surface area contributed by atoms with Gasteiger partial charge in [0.25, 0.3) is 0 Å². The van der Waals surface area contributed by atoms with E-state index in [9.17, 15) is 0 Å². The lowest BCUT2D eigenvalue weighted by Crippen LogP contribution is -2.13. The van der Waals surface area contributed by atoms with Crippen LogP contribution in [0, 0.1) is 29.6 Å². The molecular weight excluding hydrogens is 360 g/mol. The summed E-state index contributed by atoms with van der Waals surface area (Å²) >= 11 is 0. The smallest absolute Gasteiger partial charge is 0.0249 e. The van der Waals surface area contributed by atoms with Crippen LogP contribution >= 0.6 is 0 Å². The molecule has 0 heteroatoms. The van der Waals surface area contributed by atoms with Crippen LogP contribution in [0.25, 0.3) is 0 Å². The zero-order valence-corrected chi connectivity index (χ0v) is 18.8. The third-order valence-electron chi connectivity index (χ3n) is 6.30. The van der Waals surface area contributed by atoms with E-state index < -0.39 is 0 Å². The minimum atomic E-state index is 0.746. The predicted octanol–water partition coefficient (Wildman–Crippen LogP) is 8.09. The Kier molecular flexibility index (Phi) is 9.12. The van der Waals surface area contributed by atoms with Crippen LogP contribution in [-0.2, 0) is 0 Å². The van der Waals surface area contributed by atoms with Crippen LogP contribution in [0.5, 0.6) is 0 Å². The summed E-state index contributed by atoms with van der Waals surface area (Å²) in [6, 6.07) is 17.3. The van der Waals surface area contributed by atoms with Crippen LogP contribution in [0.15, 0.2) is 48.5 Å². The highest BCUT2D eigenvalue weighted by Crippen LogP contribution is 2.37. The van der Waals surface area contributed by atoms with Gasteiger partial charge in [-0.3, -0.25) is 0 Å². The first kappa shape index (κ1) is 22.2. The summed E-state index contributed by atoms with van der Waals surface area (Å²) in [5.41, 5.74) is 4.72. The van der Waals surface area contributed by atoms with Gasteiger partial charge in [0.05, 0.1) is 0 Å². The summed E-state index contributed by atoms with van der Waals surface area (Å²) in [5.74, 6) is 14.8. The van der Waals surface area contributed by atoms with Gasteiger partial charge in [-0.05, 0) is 85.9 Å². The Bertz CT molecular complexity index is 870. The van der Waals surface area contributed by atoms with E-state index >= 15 is 0 Å². The molecule has 1 fully saturated rings. The Morgan fingerprint density at radius 3 is 1.80 bits per heavy atom. The van der Waals surface area contributed by atoms with Crippen molar-refractivity contribution in [2.24, 2.45) is 5.92 Å². The summed E-state index contributed by atoms with van der Waals surface area (Å²) in [7, 11) is 0. The number of hydrogen-bond donors (Lipinski definition) is 0. The molecular formula is C30H36. The lowest BCUT2D eigenvalue weighted by Gasteiger charge is -2.28. The maximum absolute atomic E-state index is 3.31. The number of hydrogen-bond acceptors (Lipinski definition) is 0. The molecule has 0 N–H and O–H groups in total. The fraction of sp³-hybridized carbons (Fsp3) is 0.467. The van der Waals surface area contributed by atoms with Crippen LogP contribution in [0.1, 0.15) is 106 Å². The first-order valence-corrected chi connectivity index (χ1v) is 12.0. The molecule has 1 saturated carbocycles. The van der Waals surface area contributed by atoms with E-state index in [1.165, 1.54) is 63.4 Å². The molecule has 30 heavy (non-hydrogen) atoms. The van der Waals surface area contributed by atoms with Crippen molar-refractivity contribution < 1.29 is 0 Å². The second-order valence-electron chi connectivity index (χ2n) is 8.71. The van der Waals surface area contributed by atoms with Crippen molar-refractivity contribution in [3.8, 4) is 23.7 Å². The summed E-state index contributed by atoms with van der Waals surface area (Å²) in [6.07, 6.45) is 13.0. The molecule has 0 heterocycles. The molecule has 156 valence electrons. The number of rotatable bonds is 6. The summed E-state index contributed by atoms with van der Waals surface area (Å²) in [6.45, 7) is 4.53. The average molecular weight is 397 g/mol. The second kappa shape index (κ2) is 12.3. The molecule has 0 bridgehead atoms. The molecule has 0 unspecified atom stereocenters. The Labute approximate surface area is 184 Å². The molecule has 3 rings (SSSR count). The standard InChI is InChI=1S/C30H36/c1-3-5-6-7-8-10-26-11-13-27(14-12-26)15-16-28-19-23-30(24-20-28)29-21-17-25(9-4-2)18-22-29/h11-14,19-20,23-25,29H,3-7,9,17-18,21-22H2,1-2H3. The van der Waals surface area contributed by atoms with E-state index in [0.717, 1.165) is 34.9 Å². The highest BCUT2D eigenvalue weighted by Gasteiger charge is 2.21. The Balaban J connectivity index is 1.52. The second-order valence-corrected chi connectivity index (χ2v) is 8.71. The van der Waals surface area contributed by atoms with Crippen molar-refractivity contribution in [1.29, 1.82) is 0 Å². The molecule has 2 aromatic rings. The fourth-order valence-electron chi connectivity index (χ4n) is 4.44. The molecule has 0 radical (unpaired) electrons. The Hall–Kier alpha value is -2.44. The van der Waals surface area contributed by atoms with Crippen molar-refractivity contribution in [3.05, 3.63) is 70.8 Å². The zero-order chi connectivity index (χ0) is 21.0. The highest BCUT2D eigenvalue weighted by atomic mass is 14.3. The first-order valence-electron chi connectivity index (χ1n) is 12.0. The molecule has 2 aromatic carbocycles. The quantitative estimate of drug-likeness (QED) is 0.342. The summed E-state index contributed by atoms with van der Waals surface area (Å²) in [4.78, 5) is 0. The van der Waals surface area contributed by atoms with E-state index in [2.05, 4.69) is 86.1 Å². The van der Waals surface area contributed by atoms with E-state index in [1.807, 2.05) is 0 Å². The predicted molar refractivity (Wildman–Crippen MR) is 129 cm³/mol. The van der Waals surface area contributed by atoms with Gasteiger partial charge < -0.3 is 0 Å². The van der Waals surface area contributed by atoms with Gasteiger partial charge in [0.2, 0.25) is 0 Å². The van der Waals surface area contributed by atoms with Crippen molar-refractivity contribution in [2.75, 3.05) is 0 Å². The van der Waals surface area contributed by atoms with Gasteiger partial charge in [0, 0.05) is 23.1 Å². The molecule has 1 aliphatic rings. The molecule has 0 aliphatic heterocycles. The van der Waals surface area contributed by atoms with Gasteiger partial charge in [-0.2, -0.15) is 0 Å². The fourth-order valence-corrected chi connectivity index (χ4v) is 4.44. The largest absolute Gasteiger partial charge is 0.0979 e. The molecule has 0 atom stereocenters. The van der Waals surface area contributed by atoms with Crippen molar-refractivity contribution >= 4 is 0 Å². The molecule has 0 aromatic heterocycles. The van der Waals surface area contributed by atoms with Crippen molar-refractivity contribution in [3.63, 3.8) is 0 Å². The normalized spacial score (nSPS) is 18.1. The third-order valence-corrected chi connectivity index (χ3v) is 6.30. The van der Waals surface area contributed by atoms with Crippen LogP contribution in [0.2, 0.25) is 0 Å². The lowest BCUT2D eigenvalue weighted by molar-refractivity contribution is 0.308. The van der Waals surface area contributed by atoms with E-state index in [-0.39, 0.29) is 0 Å². The Morgan fingerprint density at radius 2 is 1.23 bits per heavy atom. The molecule has 1 aliphatic carbocycles. The monoisotopic (exact) mass is 396 g/mol. The average Bonchev–Trinajstić information content (AvgIpc) is 2.79.